The number of pyridine rings is 1. The van der Waals surface area contributed by atoms with Crippen LogP contribution in [0.5, 0.6) is 0 Å². The van der Waals surface area contributed by atoms with E-state index in [1.54, 1.807) is 0 Å². The SMILES string of the molecule is CCn1c(C)c(C)c2nccc(N3CCc4ccccc4C3)c21. The highest BCUT2D eigenvalue weighted by atomic mass is 15.2. The minimum atomic E-state index is 0.985. The molecule has 2 aromatic heterocycles. The molecule has 23 heavy (non-hydrogen) atoms. The van der Waals surface area contributed by atoms with Gasteiger partial charge in [-0.15, -0.1) is 0 Å². The van der Waals surface area contributed by atoms with Gasteiger partial charge in [0.15, 0.2) is 0 Å². The van der Waals surface area contributed by atoms with Crippen LogP contribution in [-0.4, -0.2) is 16.1 Å². The summed E-state index contributed by atoms with van der Waals surface area (Å²) in [6, 6.07) is 11.0. The normalized spacial score (nSPS) is 14.3. The van der Waals surface area contributed by atoms with Gasteiger partial charge < -0.3 is 9.47 Å². The van der Waals surface area contributed by atoms with Gasteiger partial charge >= 0.3 is 0 Å². The molecule has 0 spiro atoms. The van der Waals surface area contributed by atoms with Gasteiger partial charge in [0.1, 0.15) is 0 Å². The van der Waals surface area contributed by atoms with Gasteiger partial charge in [-0.1, -0.05) is 24.3 Å². The number of rotatable bonds is 2. The fraction of sp³-hybridized carbons (Fsp3) is 0.350. The highest BCUT2D eigenvalue weighted by Crippen LogP contribution is 2.33. The number of fused-ring (bicyclic) bond motifs is 2. The number of anilines is 1. The molecule has 0 unspecified atom stereocenters. The van der Waals surface area contributed by atoms with Gasteiger partial charge in [-0.3, -0.25) is 4.98 Å². The van der Waals surface area contributed by atoms with Crippen molar-refractivity contribution in [1.82, 2.24) is 9.55 Å². The molecular formula is C20H23N3. The molecule has 0 saturated carbocycles. The Kier molecular flexibility index (Phi) is 3.37. The molecule has 3 heterocycles. The zero-order valence-electron chi connectivity index (χ0n) is 14.1. The van der Waals surface area contributed by atoms with Crippen molar-refractivity contribution in [2.24, 2.45) is 0 Å². The van der Waals surface area contributed by atoms with Crippen molar-refractivity contribution >= 4 is 16.7 Å². The molecule has 4 rings (SSSR count). The molecule has 1 aliphatic heterocycles. The summed E-state index contributed by atoms with van der Waals surface area (Å²) in [6.07, 6.45) is 3.08. The van der Waals surface area contributed by atoms with E-state index in [4.69, 9.17) is 0 Å². The molecule has 0 fully saturated rings. The quantitative estimate of drug-likeness (QED) is 0.706. The summed E-state index contributed by atoms with van der Waals surface area (Å²) in [4.78, 5) is 7.17. The summed E-state index contributed by atoms with van der Waals surface area (Å²) < 4.78 is 2.41. The van der Waals surface area contributed by atoms with Crippen molar-refractivity contribution in [1.29, 1.82) is 0 Å². The third-order valence-corrected chi connectivity index (χ3v) is 5.26. The second-order valence-electron chi connectivity index (χ2n) is 6.42. The van der Waals surface area contributed by atoms with Crippen LogP contribution >= 0.6 is 0 Å². The third-order valence-electron chi connectivity index (χ3n) is 5.26. The molecule has 1 aromatic carbocycles. The first-order chi connectivity index (χ1) is 11.2. The number of hydrogen-bond acceptors (Lipinski definition) is 2. The molecule has 0 saturated heterocycles. The van der Waals surface area contributed by atoms with Crippen LogP contribution in [0.4, 0.5) is 5.69 Å². The largest absolute Gasteiger partial charge is 0.365 e. The van der Waals surface area contributed by atoms with E-state index in [0.717, 1.165) is 31.6 Å². The van der Waals surface area contributed by atoms with E-state index in [2.05, 4.69) is 65.6 Å². The molecule has 0 aliphatic carbocycles. The average molecular weight is 305 g/mol. The van der Waals surface area contributed by atoms with Crippen molar-refractivity contribution in [2.75, 3.05) is 11.4 Å². The number of aryl methyl sites for hydroxylation is 2. The highest BCUT2D eigenvalue weighted by molar-refractivity contribution is 5.92. The number of nitrogens with zero attached hydrogens (tertiary/aromatic N) is 3. The van der Waals surface area contributed by atoms with E-state index in [9.17, 15) is 0 Å². The Morgan fingerprint density at radius 2 is 1.87 bits per heavy atom. The van der Waals surface area contributed by atoms with E-state index in [1.807, 2.05) is 6.20 Å². The minimum Gasteiger partial charge on any atom is -0.365 e. The lowest BCUT2D eigenvalue weighted by Gasteiger charge is -2.31. The van der Waals surface area contributed by atoms with Crippen LogP contribution < -0.4 is 4.90 Å². The fourth-order valence-electron chi connectivity index (χ4n) is 3.88. The van der Waals surface area contributed by atoms with Crippen molar-refractivity contribution in [3.63, 3.8) is 0 Å². The lowest BCUT2D eigenvalue weighted by atomic mass is 9.99. The van der Waals surface area contributed by atoms with Crippen molar-refractivity contribution in [3.8, 4) is 0 Å². The molecular weight excluding hydrogens is 282 g/mol. The summed E-state index contributed by atoms with van der Waals surface area (Å²) in [5.41, 5.74) is 9.35. The number of benzene rings is 1. The molecule has 0 amide bonds. The highest BCUT2D eigenvalue weighted by Gasteiger charge is 2.21. The summed E-state index contributed by atoms with van der Waals surface area (Å²) in [6.45, 7) is 9.65. The van der Waals surface area contributed by atoms with Crippen LogP contribution in [0.25, 0.3) is 11.0 Å². The zero-order chi connectivity index (χ0) is 16.0. The Hall–Kier alpha value is -2.29. The van der Waals surface area contributed by atoms with Crippen LogP contribution in [-0.2, 0) is 19.5 Å². The molecule has 0 radical (unpaired) electrons. The molecule has 3 aromatic rings. The molecule has 1 aliphatic rings. The van der Waals surface area contributed by atoms with Crippen LogP contribution in [0.2, 0.25) is 0 Å². The first-order valence-corrected chi connectivity index (χ1v) is 8.46. The maximum absolute atomic E-state index is 4.66. The second-order valence-corrected chi connectivity index (χ2v) is 6.42. The van der Waals surface area contributed by atoms with Crippen molar-refractivity contribution < 1.29 is 0 Å². The standard InChI is InChI=1S/C20H23N3/c1-4-23-15(3)14(2)19-20(23)18(9-11-21-19)22-12-10-16-7-5-6-8-17(16)13-22/h5-9,11H,4,10,12-13H2,1-3H3. The summed E-state index contributed by atoms with van der Waals surface area (Å²) in [5, 5.41) is 0. The van der Waals surface area contributed by atoms with E-state index in [0.29, 0.717) is 0 Å². The Balaban J connectivity index is 1.86. The lowest BCUT2D eigenvalue weighted by molar-refractivity contribution is 0.723. The maximum atomic E-state index is 4.66. The second kappa shape index (κ2) is 5.41. The van der Waals surface area contributed by atoms with E-state index in [-0.39, 0.29) is 0 Å². The third kappa shape index (κ3) is 2.14. The smallest absolute Gasteiger partial charge is 0.0934 e. The molecule has 118 valence electrons. The topological polar surface area (TPSA) is 21.1 Å². The first kappa shape index (κ1) is 14.3. The summed E-state index contributed by atoms with van der Waals surface area (Å²) in [5.74, 6) is 0. The minimum absolute atomic E-state index is 0.985. The molecule has 3 nitrogen and oxygen atoms in total. The number of hydrogen-bond donors (Lipinski definition) is 0. The van der Waals surface area contributed by atoms with Crippen molar-refractivity contribution in [2.45, 2.75) is 40.3 Å². The molecule has 0 bridgehead atoms. The van der Waals surface area contributed by atoms with E-state index in [1.165, 1.54) is 33.6 Å². The van der Waals surface area contributed by atoms with Crippen LogP contribution in [0.15, 0.2) is 36.5 Å². The van der Waals surface area contributed by atoms with E-state index < -0.39 is 0 Å². The fourth-order valence-corrected chi connectivity index (χ4v) is 3.88. The van der Waals surface area contributed by atoms with Crippen LogP contribution in [0.3, 0.4) is 0 Å². The Labute approximate surface area is 137 Å². The van der Waals surface area contributed by atoms with Gasteiger partial charge in [-0.2, -0.15) is 0 Å². The average Bonchev–Trinajstić information content (AvgIpc) is 2.85. The van der Waals surface area contributed by atoms with Crippen LogP contribution in [0.1, 0.15) is 29.3 Å². The van der Waals surface area contributed by atoms with Gasteiger partial charge in [0.25, 0.3) is 0 Å². The Morgan fingerprint density at radius 1 is 1.09 bits per heavy atom. The Bertz CT molecular complexity index is 876. The molecule has 3 heteroatoms. The predicted octanol–water partition coefficient (Wildman–Crippen LogP) is 4.24. The molecule has 0 atom stereocenters. The van der Waals surface area contributed by atoms with Gasteiger partial charge in [0.05, 0.1) is 16.7 Å². The van der Waals surface area contributed by atoms with Gasteiger partial charge in [-0.05, 0) is 49.9 Å². The zero-order valence-corrected chi connectivity index (χ0v) is 14.1. The van der Waals surface area contributed by atoms with Gasteiger partial charge in [0, 0.05) is 31.5 Å². The Morgan fingerprint density at radius 3 is 2.65 bits per heavy atom. The van der Waals surface area contributed by atoms with E-state index >= 15 is 0 Å². The monoisotopic (exact) mass is 305 g/mol. The van der Waals surface area contributed by atoms with Gasteiger partial charge in [-0.25, -0.2) is 0 Å². The van der Waals surface area contributed by atoms with Crippen molar-refractivity contribution in [3.05, 3.63) is 58.9 Å². The summed E-state index contributed by atoms with van der Waals surface area (Å²) in [7, 11) is 0. The maximum Gasteiger partial charge on any atom is 0.0934 e. The number of aromatic nitrogens is 2. The predicted molar refractivity (Wildman–Crippen MR) is 96.1 cm³/mol. The van der Waals surface area contributed by atoms with Crippen LogP contribution in [0, 0.1) is 13.8 Å². The lowest BCUT2D eigenvalue weighted by Crippen LogP contribution is -2.30. The first-order valence-electron chi connectivity index (χ1n) is 8.46. The molecule has 0 N–H and O–H groups in total. The van der Waals surface area contributed by atoms with Gasteiger partial charge in [0.2, 0.25) is 0 Å². The summed E-state index contributed by atoms with van der Waals surface area (Å²) >= 11 is 0.